The summed E-state index contributed by atoms with van der Waals surface area (Å²) < 4.78 is 6.53. The lowest BCUT2D eigenvalue weighted by Gasteiger charge is -2.35. The highest BCUT2D eigenvalue weighted by molar-refractivity contribution is 6.35. The van der Waals surface area contributed by atoms with Crippen LogP contribution < -0.4 is 10.6 Å². The van der Waals surface area contributed by atoms with Gasteiger partial charge in [0.15, 0.2) is 0 Å². The van der Waals surface area contributed by atoms with E-state index in [2.05, 4.69) is 45.9 Å². The van der Waals surface area contributed by atoms with Crippen LogP contribution in [0, 0.1) is 17.8 Å². The molecule has 2 aromatic carbocycles. The lowest BCUT2D eigenvalue weighted by molar-refractivity contribution is -0.141. The average molecular weight is 680 g/mol. The molecule has 250 valence electrons. The molecule has 3 saturated heterocycles. The standard InChI is InChI=1S/C37H44Cl2N4O4/c38-26-21-27(39)23-29(22-26)41-34(44)31-30-12-15-37(47-30)32(31)36(46)43(33(37)35(45)40-28-10-5-2-6-11-28)17-7-16-42-18-13-25(14-19-42)20-24-8-3-1-4-9-24/h1,3-4,8-9,12,15,21-23,25,28,30-33H,2,5-7,10-11,13-14,16-20H2,(H,40,45)(H,41,44)/t30-,31+,32-,33+,37-/m1/s1. The van der Waals surface area contributed by atoms with Crippen LogP contribution in [0.3, 0.4) is 0 Å². The molecule has 0 aromatic heterocycles. The Morgan fingerprint density at radius 2 is 1.64 bits per heavy atom. The van der Waals surface area contributed by atoms with Gasteiger partial charge in [-0.1, -0.05) is 84.9 Å². The molecule has 4 heterocycles. The first-order valence-corrected chi connectivity index (χ1v) is 18.1. The minimum absolute atomic E-state index is 0.0927. The van der Waals surface area contributed by atoms with Crippen molar-refractivity contribution in [3.05, 3.63) is 76.3 Å². The monoisotopic (exact) mass is 678 g/mol. The van der Waals surface area contributed by atoms with Crippen molar-refractivity contribution < 1.29 is 19.1 Å². The van der Waals surface area contributed by atoms with E-state index in [1.807, 2.05) is 12.2 Å². The second-order valence-electron chi connectivity index (χ2n) is 14.1. The van der Waals surface area contributed by atoms with Crippen LogP contribution in [0.1, 0.15) is 56.9 Å². The molecule has 0 unspecified atom stereocenters. The topological polar surface area (TPSA) is 91.0 Å². The Bertz CT molecular complexity index is 1490. The molecule has 7 rings (SSSR count). The molecule has 1 spiro atoms. The molecule has 2 aromatic rings. The zero-order valence-corrected chi connectivity index (χ0v) is 28.2. The van der Waals surface area contributed by atoms with Crippen LogP contribution in [0.4, 0.5) is 5.69 Å². The minimum atomic E-state index is -1.18. The number of piperidine rings is 1. The fourth-order valence-corrected chi connectivity index (χ4v) is 9.24. The van der Waals surface area contributed by atoms with Crippen molar-refractivity contribution in [1.29, 1.82) is 0 Å². The van der Waals surface area contributed by atoms with Crippen molar-refractivity contribution >= 4 is 46.6 Å². The molecular weight excluding hydrogens is 635 g/mol. The first-order valence-electron chi connectivity index (χ1n) is 17.3. The van der Waals surface area contributed by atoms with Crippen LogP contribution in [-0.2, 0) is 25.5 Å². The van der Waals surface area contributed by atoms with Gasteiger partial charge in [0.25, 0.3) is 0 Å². The second kappa shape index (κ2) is 13.9. The third kappa shape index (κ3) is 6.71. The number of carbonyl (C=O) groups excluding carboxylic acids is 3. The van der Waals surface area contributed by atoms with Crippen molar-refractivity contribution in [3.63, 3.8) is 0 Å². The molecule has 5 atom stereocenters. The summed E-state index contributed by atoms with van der Waals surface area (Å²) in [5, 5.41) is 6.98. The predicted molar refractivity (Wildman–Crippen MR) is 183 cm³/mol. The van der Waals surface area contributed by atoms with Crippen molar-refractivity contribution in [3.8, 4) is 0 Å². The number of nitrogens with zero attached hydrogens (tertiary/aromatic N) is 2. The molecule has 4 fully saturated rings. The van der Waals surface area contributed by atoms with Crippen LogP contribution >= 0.6 is 23.2 Å². The van der Waals surface area contributed by atoms with Crippen molar-refractivity contribution in [2.24, 2.45) is 17.8 Å². The maximum absolute atomic E-state index is 14.3. The Labute approximate surface area is 287 Å². The number of rotatable bonds is 10. The second-order valence-corrected chi connectivity index (χ2v) is 14.9. The van der Waals surface area contributed by atoms with Crippen LogP contribution in [-0.4, -0.2) is 77.5 Å². The van der Waals surface area contributed by atoms with Gasteiger partial charge in [-0.3, -0.25) is 14.4 Å². The highest BCUT2D eigenvalue weighted by atomic mass is 35.5. The van der Waals surface area contributed by atoms with E-state index in [9.17, 15) is 14.4 Å². The first kappa shape index (κ1) is 32.6. The van der Waals surface area contributed by atoms with Gasteiger partial charge < -0.3 is 25.2 Å². The fraction of sp³-hybridized carbons (Fsp3) is 0.541. The number of fused-ring (bicyclic) bond motifs is 1. The summed E-state index contributed by atoms with van der Waals surface area (Å²) in [4.78, 5) is 46.5. The number of anilines is 1. The third-order valence-electron chi connectivity index (χ3n) is 11.0. The fourth-order valence-electron chi connectivity index (χ4n) is 8.71. The van der Waals surface area contributed by atoms with Crippen LogP contribution in [0.2, 0.25) is 10.0 Å². The summed E-state index contributed by atoms with van der Waals surface area (Å²) in [6.07, 6.45) is 12.5. The average Bonchev–Trinajstić information content (AvgIpc) is 3.70. The third-order valence-corrected chi connectivity index (χ3v) is 11.4. The number of hydrogen-bond acceptors (Lipinski definition) is 5. The Kier molecular flexibility index (Phi) is 9.65. The molecule has 0 radical (unpaired) electrons. The van der Waals surface area contributed by atoms with Crippen LogP contribution in [0.5, 0.6) is 0 Å². The lowest BCUT2D eigenvalue weighted by Crippen LogP contribution is -2.56. The summed E-state index contributed by atoms with van der Waals surface area (Å²) >= 11 is 12.4. The Morgan fingerprint density at radius 3 is 2.36 bits per heavy atom. The molecule has 4 aliphatic heterocycles. The van der Waals surface area contributed by atoms with Crippen molar-refractivity contribution in [1.82, 2.24) is 15.1 Å². The van der Waals surface area contributed by atoms with Gasteiger partial charge in [-0.2, -0.15) is 0 Å². The van der Waals surface area contributed by atoms with E-state index in [0.29, 0.717) is 28.2 Å². The summed E-state index contributed by atoms with van der Waals surface area (Å²) in [6.45, 7) is 3.36. The molecule has 3 amide bonds. The number of amides is 3. The van der Waals surface area contributed by atoms with Gasteiger partial charge in [-0.25, -0.2) is 0 Å². The number of hydrogen-bond donors (Lipinski definition) is 2. The normalized spacial score (nSPS) is 29.3. The summed E-state index contributed by atoms with van der Waals surface area (Å²) in [5.41, 5.74) is 0.675. The van der Waals surface area contributed by atoms with E-state index in [-0.39, 0.29) is 23.8 Å². The largest absolute Gasteiger partial charge is 0.359 e. The van der Waals surface area contributed by atoms with E-state index >= 15 is 0 Å². The Morgan fingerprint density at radius 1 is 0.915 bits per heavy atom. The number of likely N-dealkylation sites (tertiary alicyclic amines) is 2. The van der Waals surface area contributed by atoms with Crippen LogP contribution in [0.25, 0.3) is 0 Å². The van der Waals surface area contributed by atoms with E-state index in [4.69, 9.17) is 27.9 Å². The molecule has 47 heavy (non-hydrogen) atoms. The van der Waals surface area contributed by atoms with Gasteiger partial charge in [0.1, 0.15) is 11.6 Å². The number of nitrogens with one attached hydrogen (secondary N) is 2. The molecule has 1 saturated carbocycles. The smallest absolute Gasteiger partial charge is 0.246 e. The van der Waals surface area contributed by atoms with Gasteiger partial charge in [-0.15, -0.1) is 0 Å². The summed E-state index contributed by atoms with van der Waals surface area (Å²) in [6, 6.07) is 14.8. The zero-order valence-electron chi connectivity index (χ0n) is 26.7. The van der Waals surface area contributed by atoms with Gasteiger partial charge >= 0.3 is 0 Å². The zero-order chi connectivity index (χ0) is 32.5. The number of benzene rings is 2. The van der Waals surface area contributed by atoms with Crippen molar-refractivity contribution in [2.45, 2.75) is 81.6 Å². The number of halogens is 2. The molecule has 2 N–H and O–H groups in total. The molecule has 2 bridgehead atoms. The van der Waals surface area contributed by atoms with Crippen LogP contribution in [0.15, 0.2) is 60.7 Å². The van der Waals surface area contributed by atoms with E-state index in [1.165, 1.54) is 12.0 Å². The molecule has 5 aliphatic rings. The summed E-state index contributed by atoms with van der Waals surface area (Å²) in [5.74, 6) is -1.59. The first-order chi connectivity index (χ1) is 22.8. The molecule has 1 aliphatic carbocycles. The Balaban J connectivity index is 1.04. The summed E-state index contributed by atoms with van der Waals surface area (Å²) in [7, 11) is 0. The molecule has 10 heteroatoms. The predicted octanol–water partition coefficient (Wildman–Crippen LogP) is 5.88. The minimum Gasteiger partial charge on any atom is -0.359 e. The molecule has 8 nitrogen and oxygen atoms in total. The lowest BCUT2D eigenvalue weighted by atomic mass is 9.74. The number of ether oxygens (including phenoxy) is 1. The van der Waals surface area contributed by atoms with Gasteiger partial charge in [0.2, 0.25) is 17.7 Å². The Hall–Kier alpha value is -2.91. The maximum Gasteiger partial charge on any atom is 0.246 e. The van der Waals surface area contributed by atoms with E-state index in [1.54, 1.807) is 23.1 Å². The van der Waals surface area contributed by atoms with E-state index in [0.717, 1.165) is 71.0 Å². The van der Waals surface area contributed by atoms with Gasteiger partial charge in [0.05, 0.1) is 17.9 Å². The number of carbonyl (C=O) groups is 3. The van der Waals surface area contributed by atoms with Crippen molar-refractivity contribution in [2.75, 3.05) is 31.5 Å². The SMILES string of the molecule is O=C(Nc1cc(Cl)cc(Cl)c1)[C@H]1[C@H]2C=C[C@]3(O2)[C@H](C(=O)NC2CCCCC2)N(CCCN2CCC(Cc4ccccc4)CC2)C(=O)[C@@H]13. The highest BCUT2D eigenvalue weighted by Gasteiger charge is 2.72. The quantitative estimate of drug-likeness (QED) is 0.307. The van der Waals surface area contributed by atoms with Gasteiger partial charge in [-0.05, 0) is 87.8 Å². The molecular formula is C37H44Cl2N4O4. The van der Waals surface area contributed by atoms with E-state index < -0.39 is 29.6 Å². The van der Waals surface area contributed by atoms with Gasteiger partial charge in [0, 0.05) is 28.3 Å². The maximum atomic E-state index is 14.3. The highest BCUT2D eigenvalue weighted by Crippen LogP contribution is 2.55.